The summed E-state index contributed by atoms with van der Waals surface area (Å²) in [6.07, 6.45) is 0.425. The van der Waals surface area contributed by atoms with E-state index in [0.717, 1.165) is 7.11 Å². The van der Waals surface area contributed by atoms with E-state index < -0.39 is 11.9 Å². The van der Waals surface area contributed by atoms with Gasteiger partial charge < -0.3 is 21.4 Å². The van der Waals surface area contributed by atoms with Crippen LogP contribution in [-0.4, -0.2) is 30.5 Å². The molecule has 1 amide bonds. The smallest absolute Gasteiger partial charge is 0.219 e. The molecule has 0 fully saturated rings. The molecule has 0 radical (unpaired) electrons. The Bertz CT molecular complexity index is 111. The van der Waals surface area contributed by atoms with Crippen molar-refractivity contribution in [3.05, 3.63) is 0 Å². The molecule has 0 spiro atoms. The first kappa shape index (κ1) is 105. The summed E-state index contributed by atoms with van der Waals surface area (Å²) in [6.45, 7) is 0. The van der Waals surface area contributed by atoms with Gasteiger partial charge in [-0.3, -0.25) is 4.79 Å². The van der Waals surface area contributed by atoms with Crippen molar-refractivity contribution in [2.24, 2.45) is 11.5 Å². The summed E-state index contributed by atoms with van der Waals surface area (Å²) < 4.78 is 0. The lowest BCUT2D eigenvalue weighted by Crippen LogP contribution is -2.28. The highest BCUT2D eigenvalue weighted by Gasteiger charge is 2.02. The Morgan fingerprint density at radius 1 is 0.947 bits per heavy atom. The fourth-order valence-corrected chi connectivity index (χ4v) is 0.280. The summed E-state index contributed by atoms with van der Waals surface area (Å²) in [5, 5.41) is 7.00. The highest BCUT2D eigenvalue weighted by molar-refractivity contribution is 5.78. The largest absolute Gasteiger partial charge is 0.400 e. The molecular weight excluding hydrogens is 244 g/mol. The van der Waals surface area contributed by atoms with Gasteiger partial charge in [-0.05, 0) is 0 Å². The molecule has 0 aliphatic rings. The number of carbonyl (C=O) groups is 2. The highest BCUT2D eigenvalue weighted by atomic mass is 16.2. The minimum atomic E-state index is -0.729. The van der Waals surface area contributed by atoms with Crippen LogP contribution in [0.25, 0.3) is 0 Å². The van der Waals surface area contributed by atoms with Crippen LogP contribution in [0.15, 0.2) is 0 Å². The molecule has 0 saturated heterocycles. The average molecular weight is 293 g/mol. The third-order valence-corrected chi connectivity index (χ3v) is 0.612. The van der Waals surface area contributed by atoms with Gasteiger partial charge in [0.1, 0.15) is 6.29 Å². The second-order valence-electron chi connectivity index (χ2n) is 1.47. The van der Waals surface area contributed by atoms with Crippen molar-refractivity contribution in [1.82, 2.24) is 0 Å². The summed E-state index contributed by atoms with van der Waals surface area (Å²) in [7, 11) is 1.00. The van der Waals surface area contributed by atoms with Gasteiger partial charge in [0.15, 0.2) is 0 Å². The number of nitrogens with two attached hydrogens (primary N) is 2. The molecule has 0 rings (SSSR count). The lowest BCUT2D eigenvalue weighted by atomic mass is 10.2. The Hall–Kier alpha value is -0.940. The van der Waals surface area contributed by atoms with E-state index in [9.17, 15) is 9.59 Å². The van der Waals surface area contributed by atoms with Crippen molar-refractivity contribution < 1.29 is 14.7 Å². The molecule has 5 N–H and O–H groups in total. The zero-order chi connectivity index (χ0) is 8.57. The molecule has 132 valence electrons. The first-order valence-corrected chi connectivity index (χ1v) is 2.60. The molecule has 0 aromatic carbocycles. The van der Waals surface area contributed by atoms with Crippen LogP contribution in [0.4, 0.5) is 0 Å². The molecule has 5 nitrogen and oxygen atoms in total. The lowest BCUT2D eigenvalue weighted by molar-refractivity contribution is -0.120. The SMILES string of the molecule is C.C.C.C.C.C.C.C.C.CO.NC(=O)C[C@H](N)C=O. The monoisotopic (exact) mass is 292 g/mol. The van der Waals surface area contributed by atoms with E-state index in [1.54, 1.807) is 0 Å². The summed E-state index contributed by atoms with van der Waals surface area (Å²) in [5.41, 5.74) is 9.70. The fourth-order valence-electron chi connectivity index (χ4n) is 0.280. The standard InChI is InChI=1S/C4H8N2O2.CH4O.9CH4/c5-3(2-7)1-4(6)8;1-2;;;;;;;;;/h2-3H,1,5H2,(H2,6,8);2H,1H3;9*1H4/t3-;;;;;;;;;;/m0........../s1. The molecule has 5 heteroatoms. The van der Waals surface area contributed by atoms with E-state index in [-0.39, 0.29) is 73.3 Å². The number of amides is 1. The van der Waals surface area contributed by atoms with Crippen molar-refractivity contribution in [2.45, 2.75) is 79.3 Å². The lowest BCUT2D eigenvalue weighted by Gasteiger charge is -1.95. The van der Waals surface area contributed by atoms with Crippen LogP contribution in [0, 0.1) is 0 Å². The number of hydrogen-bond acceptors (Lipinski definition) is 4. The van der Waals surface area contributed by atoms with Crippen LogP contribution in [0.2, 0.25) is 0 Å². The van der Waals surface area contributed by atoms with E-state index in [2.05, 4.69) is 0 Å². The van der Waals surface area contributed by atoms with E-state index in [0.29, 0.717) is 6.29 Å². The Kier molecular flexibility index (Phi) is 490. The van der Waals surface area contributed by atoms with Crippen molar-refractivity contribution in [3.63, 3.8) is 0 Å². The zero-order valence-corrected chi connectivity index (χ0v) is 5.78. The molecule has 0 saturated carbocycles. The van der Waals surface area contributed by atoms with Gasteiger partial charge in [-0.2, -0.15) is 0 Å². The van der Waals surface area contributed by atoms with Gasteiger partial charge in [0.2, 0.25) is 5.91 Å². The second kappa shape index (κ2) is 88.3. The number of hydrogen-bond donors (Lipinski definition) is 3. The molecule has 1 atom stereocenters. The van der Waals surface area contributed by atoms with E-state index in [1.807, 2.05) is 0 Å². The maximum Gasteiger partial charge on any atom is 0.219 e. The van der Waals surface area contributed by atoms with Crippen LogP contribution < -0.4 is 11.5 Å². The quantitative estimate of drug-likeness (QED) is 0.689. The first-order chi connectivity index (χ1) is 4.66. The van der Waals surface area contributed by atoms with Gasteiger partial charge in [-0.15, -0.1) is 0 Å². The number of aliphatic hydroxyl groups excluding tert-OH is 1. The molecule has 0 aliphatic heterocycles. The Labute approximate surface area is 125 Å². The summed E-state index contributed by atoms with van der Waals surface area (Å²) in [5.74, 6) is -0.551. The second-order valence-corrected chi connectivity index (χ2v) is 1.47. The van der Waals surface area contributed by atoms with Gasteiger partial charge in [0.05, 0.1) is 6.04 Å². The average Bonchev–Trinajstić information content (AvgIpc) is 1.91. The topological polar surface area (TPSA) is 106 Å². The maximum atomic E-state index is 9.95. The Balaban J connectivity index is -0.00000000618. The Morgan fingerprint density at radius 3 is 1.21 bits per heavy atom. The van der Waals surface area contributed by atoms with Crippen molar-refractivity contribution in [3.8, 4) is 0 Å². The van der Waals surface area contributed by atoms with Crippen LogP contribution >= 0.6 is 0 Å². The van der Waals surface area contributed by atoms with Gasteiger partial charge >= 0.3 is 0 Å². The third kappa shape index (κ3) is 151. The normalized spacial score (nSPS) is 5.63. The van der Waals surface area contributed by atoms with Gasteiger partial charge in [-0.25, -0.2) is 0 Å². The van der Waals surface area contributed by atoms with E-state index in [4.69, 9.17) is 16.6 Å². The molecule has 0 aromatic rings. The fraction of sp³-hybridized carbons (Fsp3) is 0.857. The van der Waals surface area contributed by atoms with Gasteiger partial charge in [0, 0.05) is 13.5 Å². The predicted molar refractivity (Wildman–Crippen MR) is 96.6 cm³/mol. The van der Waals surface area contributed by atoms with Crippen LogP contribution in [0.5, 0.6) is 0 Å². The first-order valence-electron chi connectivity index (χ1n) is 2.60. The van der Waals surface area contributed by atoms with E-state index in [1.165, 1.54) is 0 Å². The molecule has 0 bridgehead atoms. The molecule has 0 unspecified atom stereocenters. The molecule has 19 heavy (non-hydrogen) atoms. The minimum absolute atomic E-state index is 0. The summed E-state index contributed by atoms with van der Waals surface area (Å²) >= 11 is 0. The third-order valence-electron chi connectivity index (χ3n) is 0.612. The van der Waals surface area contributed by atoms with Gasteiger partial charge in [0.25, 0.3) is 0 Å². The Morgan fingerprint density at radius 2 is 1.16 bits per heavy atom. The number of aldehydes is 1. The molecule has 0 aliphatic carbocycles. The predicted octanol–water partition coefficient (Wildman–Crippen LogP) is 3.72. The highest BCUT2D eigenvalue weighted by Crippen LogP contribution is 1.78. The number of primary amides is 1. The van der Waals surface area contributed by atoms with Crippen LogP contribution in [-0.2, 0) is 9.59 Å². The number of rotatable bonds is 3. The van der Waals surface area contributed by atoms with Gasteiger partial charge in [-0.1, -0.05) is 66.8 Å². The number of carbonyl (C=O) groups excluding carboxylic acids is 2. The molecular formula is C14H48N2O3. The molecule has 0 aromatic heterocycles. The zero-order valence-electron chi connectivity index (χ0n) is 5.78. The maximum absolute atomic E-state index is 9.95. The summed E-state index contributed by atoms with van der Waals surface area (Å²) in [4.78, 5) is 19.7. The van der Waals surface area contributed by atoms with Crippen molar-refractivity contribution >= 4 is 12.2 Å². The molecule has 0 heterocycles. The van der Waals surface area contributed by atoms with Crippen molar-refractivity contribution in [1.29, 1.82) is 0 Å². The van der Waals surface area contributed by atoms with E-state index >= 15 is 0 Å². The number of aliphatic hydroxyl groups is 1. The van der Waals surface area contributed by atoms with Crippen LogP contribution in [0.3, 0.4) is 0 Å². The van der Waals surface area contributed by atoms with Crippen LogP contribution in [0.1, 0.15) is 73.3 Å². The minimum Gasteiger partial charge on any atom is -0.400 e. The summed E-state index contributed by atoms with van der Waals surface area (Å²) in [6, 6.07) is -0.729. The van der Waals surface area contributed by atoms with Crippen molar-refractivity contribution in [2.75, 3.05) is 7.11 Å².